The van der Waals surface area contributed by atoms with Crippen molar-refractivity contribution in [3.05, 3.63) is 20.3 Å². The molecule has 18 heavy (non-hydrogen) atoms. The van der Waals surface area contributed by atoms with Crippen LogP contribution in [0.1, 0.15) is 29.6 Å². The highest BCUT2D eigenvalue weighted by Crippen LogP contribution is 2.33. The van der Waals surface area contributed by atoms with Gasteiger partial charge in [-0.15, -0.1) is 22.9 Å². The zero-order valence-electron chi connectivity index (χ0n) is 9.79. The highest BCUT2D eigenvalue weighted by molar-refractivity contribution is 7.20. The standard InChI is InChI=1S/C12H14Cl3NOS/c13-4-3-8-2-1-5-16(7-8)12(17)9-6-10(14)18-11(9)15/h6,8H,1-5,7H2. The molecule has 2 rings (SSSR count). The largest absolute Gasteiger partial charge is 0.338 e. The van der Waals surface area contributed by atoms with Gasteiger partial charge in [-0.3, -0.25) is 4.79 Å². The van der Waals surface area contributed by atoms with Crippen LogP contribution in [0.25, 0.3) is 0 Å². The summed E-state index contributed by atoms with van der Waals surface area (Å²) in [5.74, 6) is 1.15. The lowest BCUT2D eigenvalue weighted by Gasteiger charge is -2.32. The highest BCUT2D eigenvalue weighted by Gasteiger charge is 2.26. The van der Waals surface area contributed by atoms with Gasteiger partial charge in [-0.05, 0) is 31.2 Å². The normalized spacial score (nSPS) is 20.2. The number of hydrogen-bond acceptors (Lipinski definition) is 2. The molecule has 1 saturated heterocycles. The number of likely N-dealkylation sites (tertiary alicyclic amines) is 1. The Hall–Kier alpha value is 0.0400. The van der Waals surface area contributed by atoms with E-state index in [1.54, 1.807) is 6.07 Å². The van der Waals surface area contributed by atoms with Crippen LogP contribution in [-0.4, -0.2) is 29.8 Å². The Bertz CT molecular complexity index is 433. The van der Waals surface area contributed by atoms with Crippen molar-refractivity contribution in [1.82, 2.24) is 4.90 Å². The van der Waals surface area contributed by atoms with Crippen LogP contribution in [0, 0.1) is 5.92 Å². The third kappa shape index (κ3) is 3.32. The van der Waals surface area contributed by atoms with Crippen LogP contribution < -0.4 is 0 Å². The summed E-state index contributed by atoms with van der Waals surface area (Å²) in [5, 5.41) is 0. The van der Waals surface area contributed by atoms with Gasteiger partial charge in [0.1, 0.15) is 4.34 Å². The average molecular weight is 327 g/mol. The Labute approximate surface area is 126 Å². The average Bonchev–Trinajstić information content (AvgIpc) is 2.68. The van der Waals surface area contributed by atoms with E-state index in [4.69, 9.17) is 34.8 Å². The number of rotatable bonds is 3. The summed E-state index contributed by atoms with van der Waals surface area (Å²) < 4.78 is 1.03. The van der Waals surface area contributed by atoms with E-state index >= 15 is 0 Å². The second-order valence-electron chi connectivity index (χ2n) is 4.47. The van der Waals surface area contributed by atoms with Gasteiger partial charge in [0.15, 0.2) is 0 Å². The van der Waals surface area contributed by atoms with Crippen molar-refractivity contribution in [2.24, 2.45) is 5.92 Å². The quantitative estimate of drug-likeness (QED) is 0.747. The smallest absolute Gasteiger partial charge is 0.256 e. The van der Waals surface area contributed by atoms with E-state index in [-0.39, 0.29) is 5.91 Å². The Kier molecular flexibility index (Phi) is 5.19. The van der Waals surface area contributed by atoms with E-state index < -0.39 is 0 Å². The first-order valence-corrected chi connectivity index (χ1v) is 8.02. The van der Waals surface area contributed by atoms with Gasteiger partial charge >= 0.3 is 0 Å². The summed E-state index contributed by atoms with van der Waals surface area (Å²) in [5.41, 5.74) is 0.526. The maximum absolute atomic E-state index is 12.3. The number of carbonyl (C=O) groups is 1. The maximum Gasteiger partial charge on any atom is 0.256 e. The van der Waals surface area contributed by atoms with Gasteiger partial charge in [-0.1, -0.05) is 23.2 Å². The zero-order valence-corrected chi connectivity index (χ0v) is 12.9. The van der Waals surface area contributed by atoms with Crippen molar-refractivity contribution >= 4 is 52.0 Å². The van der Waals surface area contributed by atoms with Crippen LogP contribution in [0.2, 0.25) is 8.67 Å². The Morgan fingerprint density at radius 3 is 2.89 bits per heavy atom. The molecule has 1 amide bonds. The minimum Gasteiger partial charge on any atom is -0.338 e. The van der Waals surface area contributed by atoms with E-state index in [2.05, 4.69) is 0 Å². The number of alkyl halides is 1. The van der Waals surface area contributed by atoms with Crippen LogP contribution in [0.4, 0.5) is 0 Å². The number of nitrogens with zero attached hydrogens (tertiary/aromatic N) is 1. The van der Waals surface area contributed by atoms with Crippen LogP contribution in [0.3, 0.4) is 0 Å². The number of carbonyl (C=O) groups excluding carboxylic acids is 1. The van der Waals surface area contributed by atoms with E-state index in [0.29, 0.717) is 26.0 Å². The maximum atomic E-state index is 12.3. The number of thiophene rings is 1. The molecule has 6 heteroatoms. The lowest BCUT2D eigenvalue weighted by Crippen LogP contribution is -2.40. The highest BCUT2D eigenvalue weighted by atomic mass is 35.5. The molecule has 100 valence electrons. The molecule has 0 bridgehead atoms. The molecule has 0 aliphatic carbocycles. The van der Waals surface area contributed by atoms with Crippen LogP contribution >= 0.6 is 46.1 Å². The molecule has 0 radical (unpaired) electrons. The summed E-state index contributed by atoms with van der Waals surface area (Å²) in [6.07, 6.45) is 3.14. The Morgan fingerprint density at radius 1 is 1.50 bits per heavy atom. The van der Waals surface area contributed by atoms with Crippen molar-refractivity contribution < 1.29 is 4.79 Å². The molecule has 1 atom stereocenters. The molecule has 1 aliphatic rings. The van der Waals surface area contributed by atoms with E-state index in [1.165, 1.54) is 11.3 Å². The predicted octanol–water partition coefficient (Wildman–Crippen LogP) is 4.54. The summed E-state index contributed by atoms with van der Waals surface area (Å²) >= 11 is 18.9. The number of halogens is 3. The van der Waals surface area contributed by atoms with Crippen molar-refractivity contribution in [2.75, 3.05) is 19.0 Å². The van der Waals surface area contributed by atoms with Crippen molar-refractivity contribution in [3.63, 3.8) is 0 Å². The van der Waals surface area contributed by atoms with Crippen LogP contribution in [0.5, 0.6) is 0 Å². The van der Waals surface area contributed by atoms with Crippen LogP contribution in [0.15, 0.2) is 6.07 Å². The molecule has 0 N–H and O–H groups in total. The van der Waals surface area contributed by atoms with Crippen LogP contribution in [-0.2, 0) is 0 Å². The topological polar surface area (TPSA) is 20.3 Å². The first-order valence-electron chi connectivity index (χ1n) is 5.92. The molecule has 2 heterocycles. The molecule has 2 nitrogen and oxygen atoms in total. The van der Waals surface area contributed by atoms with Gasteiger partial charge in [-0.25, -0.2) is 0 Å². The first-order chi connectivity index (χ1) is 8.61. The first kappa shape index (κ1) is 14.4. The monoisotopic (exact) mass is 325 g/mol. The summed E-state index contributed by atoms with van der Waals surface area (Å²) in [6.45, 7) is 1.57. The molecule has 1 aromatic rings. The lowest BCUT2D eigenvalue weighted by atomic mass is 9.95. The Balaban J connectivity index is 2.06. The molecule has 0 aromatic carbocycles. The summed E-state index contributed by atoms with van der Waals surface area (Å²) in [7, 11) is 0. The van der Waals surface area contributed by atoms with E-state index in [0.717, 1.165) is 32.4 Å². The van der Waals surface area contributed by atoms with Gasteiger partial charge < -0.3 is 4.90 Å². The number of piperidine rings is 1. The number of hydrogen-bond donors (Lipinski definition) is 0. The fourth-order valence-electron chi connectivity index (χ4n) is 2.30. The summed E-state index contributed by atoms with van der Waals surface area (Å²) in [4.78, 5) is 14.2. The fraction of sp³-hybridized carbons (Fsp3) is 0.583. The second kappa shape index (κ2) is 6.47. The SMILES string of the molecule is O=C(c1cc(Cl)sc1Cl)N1CCCC(CCCl)C1. The zero-order chi connectivity index (χ0) is 13.1. The fourth-order valence-corrected chi connectivity index (χ4v) is 4.05. The van der Waals surface area contributed by atoms with E-state index in [9.17, 15) is 4.79 Å². The molecule has 0 spiro atoms. The van der Waals surface area contributed by atoms with Gasteiger partial charge in [0.2, 0.25) is 0 Å². The molecule has 1 fully saturated rings. The van der Waals surface area contributed by atoms with Crippen molar-refractivity contribution in [3.8, 4) is 0 Å². The molecule has 1 unspecified atom stereocenters. The van der Waals surface area contributed by atoms with Gasteiger partial charge in [0, 0.05) is 19.0 Å². The van der Waals surface area contributed by atoms with Gasteiger partial charge in [0.25, 0.3) is 5.91 Å². The molecule has 1 aliphatic heterocycles. The summed E-state index contributed by atoms with van der Waals surface area (Å²) in [6, 6.07) is 1.65. The Morgan fingerprint density at radius 2 is 2.28 bits per heavy atom. The lowest BCUT2D eigenvalue weighted by molar-refractivity contribution is 0.0672. The minimum atomic E-state index is -0.0116. The third-order valence-corrected chi connectivity index (χ3v) is 4.92. The third-order valence-electron chi connectivity index (χ3n) is 3.21. The molecular weight excluding hydrogens is 313 g/mol. The molecular formula is C12H14Cl3NOS. The second-order valence-corrected chi connectivity index (χ2v) is 7.14. The number of amides is 1. The van der Waals surface area contributed by atoms with Gasteiger partial charge in [0.05, 0.1) is 9.90 Å². The predicted molar refractivity (Wildman–Crippen MR) is 78.3 cm³/mol. The molecule has 0 saturated carbocycles. The molecule has 1 aromatic heterocycles. The van der Waals surface area contributed by atoms with Gasteiger partial charge in [-0.2, -0.15) is 0 Å². The van der Waals surface area contributed by atoms with E-state index in [1.807, 2.05) is 4.90 Å². The van der Waals surface area contributed by atoms with Crippen molar-refractivity contribution in [2.45, 2.75) is 19.3 Å². The minimum absolute atomic E-state index is 0.0116. The van der Waals surface area contributed by atoms with Crippen molar-refractivity contribution in [1.29, 1.82) is 0 Å².